The number of likely N-dealkylation sites (N-methyl/N-ethyl adjacent to an activating group) is 1. The van der Waals surface area contributed by atoms with Crippen LogP contribution in [0.15, 0.2) is 48.7 Å². The molecule has 0 bridgehead atoms. The molecule has 0 aliphatic carbocycles. The van der Waals surface area contributed by atoms with E-state index in [1.165, 1.54) is 42.4 Å². The number of aromatic nitrogens is 1. The number of ether oxygens (including phenoxy) is 2. The first-order valence-electron chi connectivity index (χ1n) is 15.2. The molecule has 15 heteroatoms. The van der Waals surface area contributed by atoms with E-state index in [0.29, 0.717) is 22.0 Å². The number of aliphatic hydroxyl groups is 1. The number of pyridine rings is 1. The summed E-state index contributed by atoms with van der Waals surface area (Å²) in [7, 11) is 1.45. The number of rotatable bonds is 14. The second kappa shape index (κ2) is 17.6. The number of alkyl carbamates (subject to hydrolysis) is 1. The van der Waals surface area contributed by atoms with E-state index < -0.39 is 59.9 Å². The van der Waals surface area contributed by atoms with Crippen LogP contribution in [0.3, 0.4) is 0 Å². The molecule has 48 heavy (non-hydrogen) atoms. The molecule has 1 heterocycles. The Balaban J connectivity index is 1.62. The van der Waals surface area contributed by atoms with Crippen molar-refractivity contribution in [3.05, 3.63) is 76.6 Å². The Morgan fingerprint density at radius 1 is 1.06 bits per heavy atom. The van der Waals surface area contributed by atoms with Gasteiger partial charge < -0.3 is 35.4 Å². The summed E-state index contributed by atoms with van der Waals surface area (Å²) in [6.45, 7) is 4.14. The number of hydrogen-bond acceptors (Lipinski definition) is 8. The lowest BCUT2D eigenvalue weighted by Gasteiger charge is -2.28. The number of carbonyl (C=O) groups excluding carboxylic acids is 4. The van der Waals surface area contributed by atoms with Crippen LogP contribution in [-0.2, 0) is 32.0 Å². The molecule has 0 aliphatic heterocycles. The summed E-state index contributed by atoms with van der Waals surface area (Å²) in [5, 5.41) is 18.5. The van der Waals surface area contributed by atoms with Gasteiger partial charge >= 0.3 is 18.1 Å². The Morgan fingerprint density at radius 3 is 2.52 bits per heavy atom. The van der Waals surface area contributed by atoms with E-state index in [1.54, 1.807) is 39.0 Å². The molecule has 0 radical (unpaired) electrons. The van der Waals surface area contributed by atoms with Gasteiger partial charge in [-0.15, -0.1) is 0 Å². The van der Waals surface area contributed by atoms with Crippen molar-refractivity contribution in [2.45, 2.75) is 64.3 Å². The smallest absolute Gasteiger partial charge is 0.408 e. The fraction of sp³-hybridized carbons (Fsp3) is 0.424. The highest BCUT2D eigenvalue weighted by atomic mass is 35.5. The summed E-state index contributed by atoms with van der Waals surface area (Å²) in [5.41, 5.74) is -0.0495. The van der Waals surface area contributed by atoms with Crippen molar-refractivity contribution in [2.75, 3.05) is 26.8 Å². The van der Waals surface area contributed by atoms with Crippen LogP contribution >= 0.6 is 11.6 Å². The minimum atomic E-state index is -0.816. The second-order valence-corrected chi connectivity index (χ2v) is 12.4. The van der Waals surface area contributed by atoms with Gasteiger partial charge in [-0.1, -0.05) is 23.7 Å². The lowest BCUT2D eigenvalue weighted by atomic mass is 10.1. The summed E-state index contributed by atoms with van der Waals surface area (Å²) >= 11 is 6.00. The first-order chi connectivity index (χ1) is 22.6. The molecule has 0 saturated carbocycles. The third-order valence-corrected chi connectivity index (χ3v) is 7.45. The molecule has 2 atom stereocenters. The van der Waals surface area contributed by atoms with Crippen molar-refractivity contribution in [2.24, 2.45) is 0 Å². The van der Waals surface area contributed by atoms with E-state index in [2.05, 4.69) is 20.9 Å². The van der Waals surface area contributed by atoms with Crippen LogP contribution in [0.25, 0.3) is 10.8 Å². The molecule has 3 rings (SSSR count). The Labute approximate surface area is 282 Å². The average molecular weight is 692 g/mol. The molecule has 12 nitrogen and oxygen atoms in total. The van der Waals surface area contributed by atoms with Gasteiger partial charge in [-0.05, 0) is 68.5 Å². The Hall–Kier alpha value is -4.56. The van der Waals surface area contributed by atoms with Crippen molar-refractivity contribution < 1.29 is 42.5 Å². The molecule has 1 aromatic heterocycles. The highest BCUT2D eigenvalue weighted by molar-refractivity contribution is 6.31. The molecule has 0 unspecified atom stereocenters. The number of carbonyl (C=O) groups is 4. The number of benzene rings is 2. The third-order valence-electron chi connectivity index (χ3n) is 7.02. The first kappa shape index (κ1) is 37.9. The first-order valence-corrected chi connectivity index (χ1v) is 15.5. The van der Waals surface area contributed by atoms with Gasteiger partial charge in [0.15, 0.2) is 0 Å². The number of hydrogen-bond donors (Lipinski definition) is 4. The predicted octanol–water partition coefficient (Wildman–Crippen LogP) is 4.24. The van der Waals surface area contributed by atoms with Crippen LogP contribution in [0.4, 0.5) is 18.4 Å². The van der Waals surface area contributed by atoms with Crippen LogP contribution in [0, 0.1) is 11.6 Å². The largest absolute Gasteiger partial charge is 0.463 e. The minimum Gasteiger partial charge on any atom is -0.463 e. The van der Waals surface area contributed by atoms with Crippen molar-refractivity contribution in [3.8, 4) is 0 Å². The van der Waals surface area contributed by atoms with Gasteiger partial charge in [0.1, 0.15) is 23.8 Å². The zero-order valence-electron chi connectivity index (χ0n) is 27.1. The van der Waals surface area contributed by atoms with Gasteiger partial charge in [0.25, 0.3) is 0 Å². The highest BCUT2D eigenvalue weighted by Crippen LogP contribution is 2.20. The lowest BCUT2D eigenvalue weighted by molar-refractivity contribution is -0.144. The molecule has 0 aliphatic rings. The van der Waals surface area contributed by atoms with E-state index in [4.69, 9.17) is 21.1 Å². The summed E-state index contributed by atoms with van der Waals surface area (Å²) in [6, 6.07) is 7.80. The van der Waals surface area contributed by atoms with Gasteiger partial charge in [-0.3, -0.25) is 14.6 Å². The molecule has 0 saturated heterocycles. The fourth-order valence-electron chi connectivity index (χ4n) is 4.44. The Kier molecular flexibility index (Phi) is 13.9. The summed E-state index contributed by atoms with van der Waals surface area (Å²) in [6.07, 6.45) is 0.488. The summed E-state index contributed by atoms with van der Waals surface area (Å²) in [4.78, 5) is 56.1. The minimum absolute atomic E-state index is 0.0561. The highest BCUT2D eigenvalue weighted by Gasteiger charge is 2.24. The number of urea groups is 1. The number of fused-ring (bicyclic) bond motifs is 1. The number of amides is 4. The number of esters is 1. The van der Waals surface area contributed by atoms with Crippen molar-refractivity contribution in [1.29, 1.82) is 0 Å². The van der Waals surface area contributed by atoms with Crippen molar-refractivity contribution in [1.82, 2.24) is 25.8 Å². The third kappa shape index (κ3) is 12.2. The zero-order valence-corrected chi connectivity index (χ0v) is 27.9. The normalized spacial score (nSPS) is 12.5. The molecule has 4 N–H and O–H groups in total. The molecule has 260 valence electrons. The zero-order chi connectivity index (χ0) is 35.4. The van der Waals surface area contributed by atoms with E-state index in [-0.39, 0.29) is 44.0 Å². The van der Waals surface area contributed by atoms with Crippen molar-refractivity contribution >= 4 is 46.4 Å². The van der Waals surface area contributed by atoms with Crippen LogP contribution < -0.4 is 16.0 Å². The van der Waals surface area contributed by atoms with Crippen LogP contribution in [0.1, 0.15) is 44.9 Å². The van der Waals surface area contributed by atoms with E-state index in [9.17, 15) is 33.1 Å². The Morgan fingerprint density at radius 2 is 1.81 bits per heavy atom. The predicted molar refractivity (Wildman–Crippen MR) is 174 cm³/mol. The molecule has 3 aromatic rings. The number of halogens is 3. The van der Waals surface area contributed by atoms with Crippen LogP contribution in [-0.4, -0.2) is 83.5 Å². The van der Waals surface area contributed by atoms with Gasteiger partial charge in [0.2, 0.25) is 5.91 Å². The summed E-state index contributed by atoms with van der Waals surface area (Å²) in [5.74, 6) is -2.18. The number of nitrogens with one attached hydrogen (secondary N) is 3. The van der Waals surface area contributed by atoms with E-state index in [1.807, 2.05) is 0 Å². The quantitative estimate of drug-likeness (QED) is 0.183. The summed E-state index contributed by atoms with van der Waals surface area (Å²) < 4.78 is 38.2. The standard InChI is InChI=1S/C33H40ClF2N5O7/c1-33(2,3)48-32(46)40-25(18-42)17-38-28(43)11-10-26(41(4)31(45)39-16-21-6-5-7-27(36)30(21)34)19-47-29(44)14-24-13-22-12-23(35)9-8-20(22)15-37-24/h5-9,12-13,15,25-26,42H,10-11,14,16-19H2,1-4H3,(H,38,43)(H,39,45)(H,40,46)/t25-,26+/m1/s1. The van der Waals surface area contributed by atoms with Crippen molar-refractivity contribution in [3.63, 3.8) is 0 Å². The van der Waals surface area contributed by atoms with Crippen LogP contribution in [0.2, 0.25) is 5.02 Å². The van der Waals surface area contributed by atoms with Gasteiger partial charge in [-0.2, -0.15) is 0 Å². The average Bonchev–Trinajstić information content (AvgIpc) is 3.02. The molecule has 4 amide bonds. The monoisotopic (exact) mass is 691 g/mol. The molecule has 0 fully saturated rings. The maximum Gasteiger partial charge on any atom is 0.408 e. The number of nitrogens with zero attached hydrogens (tertiary/aromatic N) is 2. The maximum absolute atomic E-state index is 13.9. The molecule has 2 aromatic carbocycles. The molecule has 0 spiro atoms. The van der Waals surface area contributed by atoms with Gasteiger partial charge in [-0.25, -0.2) is 18.4 Å². The van der Waals surface area contributed by atoms with Crippen LogP contribution in [0.5, 0.6) is 0 Å². The number of aliphatic hydroxyl groups excluding tert-OH is 1. The Bertz CT molecular complexity index is 1600. The topological polar surface area (TPSA) is 159 Å². The van der Waals surface area contributed by atoms with Gasteiger partial charge in [0, 0.05) is 38.1 Å². The van der Waals surface area contributed by atoms with E-state index in [0.717, 1.165) is 0 Å². The fourth-order valence-corrected chi connectivity index (χ4v) is 4.63. The SMILES string of the molecule is CN(C(=O)NCc1cccc(F)c1Cl)[C@@H](CCC(=O)NC[C@H](CO)NC(=O)OC(C)(C)C)COC(=O)Cc1cc2cc(F)ccc2cn1. The molecular weight excluding hydrogens is 652 g/mol. The van der Waals surface area contributed by atoms with E-state index >= 15 is 0 Å². The maximum atomic E-state index is 13.9. The lowest BCUT2D eigenvalue weighted by Crippen LogP contribution is -2.48. The second-order valence-electron chi connectivity index (χ2n) is 12.0. The van der Waals surface area contributed by atoms with Gasteiger partial charge in [0.05, 0.1) is 35.8 Å². The molecular formula is C33H40ClF2N5O7.